The molecule has 2 N–H and O–H groups in total. The van der Waals surface area contributed by atoms with Crippen molar-refractivity contribution >= 4 is 0 Å². The average molecular weight is 183 g/mol. The molecule has 1 nitrogen and oxygen atoms in total. The van der Waals surface area contributed by atoms with Crippen LogP contribution >= 0.6 is 0 Å². The van der Waals surface area contributed by atoms with E-state index in [9.17, 15) is 0 Å². The van der Waals surface area contributed by atoms with Crippen LogP contribution in [-0.4, -0.2) is 6.54 Å². The molecule has 0 saturated heterocycles. The Bertz CT molecular complexity index is 146. The standard InChI is InChI=1S/C12H25N/c1-12(2,3)11-8-6-4-5-7-10(11)9-13/h10-11H,4-9,13H2,1-3H3. The molecule has 0 bridgehead atoms. The van der Waals surface area contributed by atoms with Crippen molar-refractivity contribution in [3.05, 3.63) is 0 Å². The Morgan fingerprint density at radius 3 is 2.23 bits per heavy atom. The van der Waals surface area contributed by atoms with Crippen LogP contribution in [0.15, 0.2) is 0 Å². The van der Waals surface area contributed by atoms with E-state index < -0.39 is 0 Å². The molecule has 1 heteroatoms. The summed E-state index contributed by atoms with van der Waals surface area (Å²) in [6, 6.07) is 0. The topological polar surface area (TPSA) is 26.0 Å². The molecule has 78 valence electrons. The molecule has 0 aromatic carbocycles. The van der Waals surface area contributed by atoms with Gasteiger partial charge in [-0.3, -0.25) is 0 Å². The molecule has 1 saturated carbocycles. The van der Waals surface area contributed by atoms with Crippen molar-refractivity contribution in [2.24, 2.45) is 23.0 Å². The molecule has 0 aromatic heterocycles. The van der Waals surface area contributed by atoms with Crippen LogP contribution in [0, 0.1) is 17.3 Å². The highest BCUT2D eigenvalue weighted by Gasteiger charge is 2.31. The summed E-state index contributed by atoms with van der Waals surface area (Å²) < 4.78 is 0. The van der Waals surface area contributed by atoms with Gasteiger partial charge in [0.1, 0.15) is 0 Å². The first-order valence-corrected chi connectivity index (χ1v) is 5.76. The molecule has 0 spiro atoms. The summed E-state index contributed by atoms with van der Waals surface area (Å²) in [5.41, 5.74) is 6.31. The van der Waals surface area contributed by atoms with E-state index in [0.717, 1.165) is 18.4 Å². The van der Waals surface area contributed by atoms with E-state index >= 15 is 0 Å². The van der Waals surface area contributed by atoms with Crippen LogP contribution in [0.4, 0.5) is 0 Å². The minimum absolute atomic E-state index is 0.453. The van der Waals surface area contributed by atoms with Gasteiger partial charge in [-0.25, -0.2) is 0 Å². The third kappa shape index (κ3) is 2.98. The molecule has 2 atom stereocenters. The molecule has 0 radical (unpaired) electrons. The lowest BCUT2D eigenvalue weighted by atomic mass is 9.71. The monoisotopic (exact) mass is 183 g/mol. The van der Waals surface area contributed by atoms with E-state index in [1.807, 2.05) is 0 Å². The molecule has 1 rings (SSSR count). The minimum Gasteiger partial charge on any atom is -0.330 e. The first-order valence-electron chi connectivity index (χ1n) is 5.76. The first kappa shape index (κ1) is 11.0. The van der Waals surface area contributed by atoms with Crippen LogP contribution in [0.2, 0.25) is 0 Å². The van der Waals surface area contributed by atoms with Crippen molar-refractivity contribution in [1.82, 2.24) is 0 Å². The largest absolute Gasteiger partial charge is 0.330 e. The Balaban J connectivity index is 2.65. The zero-order valence-corrected chi connectivity index (χ0v) is 9.47. The summed E-state index contributed by atoms with van der Waals surface area (Å²) in [5, 5.41) is 0. The zero-order valence-electron chi connectivity index (χ0n) is 9.47. The quantitative estimate of drug-likeness (QED) is 0.621. The molecule has 1 aliphatic rings. The second-order valence-corrected chi connectivity index (χ2v) is 5.61. The highest BCUT2D eigenvalue weighted by atomic mass is 14.6. The summed E-state index contributed by atoms with van der Waals surface area (Å²) in [6.45, 7) is 7.99. The molecule has 0 amide bonds. The molecule has 0 aliphatic heterocycles. The summed E-state index contributed by atoms with van der Waals surface area (Å²) in [4.78, 5) is 0. The lowest BCUT2D eigenvalue weighted by Gasteiger charge is -2.35. The SMILES string of the molecule is CC(C)(C)C1CCCCCC1CN. The molecule has 13 heavy (non-hydrogen) atoms. The van der Waals surface area contributed by atoms with Crippen molar-refractivity contribution in [3.8, 4) is 0 Å². The summed E-state index contributed by atoms with van der Waals surface area (Å²) in [6.07, 6.45) is 6.99. The van der Waals surface area contributed by atoms with E-state index in [4.69, 9.17) is 5.73 Å². The number of hydrogen-bond acceptors (Lipinski definition) is 1. The Labute approximate surface area is 83.1 Å². The van der Waals surface area contributed by atoms with Gasteiger partial charge in [0.25, 0.3) is 0 Å². The third-order valence-corrected chi connectivity index (χ3v) is 3.57. The van der Waals surface area contributed by atoms with Crippen molar-refractivity contribution in [2.45, 2.75) is 52.9 Å². The lowest BCUT2D eigenvalue weighted by Crippen LogP contribution is -2.32. The van der Waals surface area contributed by atoms with Gasteiger partial charge < -0.3 is 5.73 Å². The Morgan fingerprint density at radius 1 is 1.08 bits per heavy atom. The van der Waals surface area contributed by atoms with Gasteiger partial charge in [0.05, 0.1) is 0 Å². The van der Waals surface area contributed by atoms with E-state index in [2.05, 4.69) is 20.8 Å². The second-order valence-electron chi connectivity index (χ2n) is 5.61. The van der Waals surface area contributed by atoms with Gasteiger partial charge in [-0.1, -0.05) is 40.0 Å². The maximum absolute atomic E-state index is 5.86. The molecular weight excluding hydrogens is 158 g/mol. The van der Waals surface area contributed by atoms with Gasteiger partial charge in [-0.05, 0) is 36.6 Å². The van der Waals surface area contributed by atoms with Gasteiger partial charge in [-0.2, -0.15) is 0 Å². The minimum atomic E-state index is 0.453. The Kier molecular flexibility index (Phi) is 3.78. The maximum atomic E-state index is 5.86. The Morgan fingerprint density at radius 2 is 1.69 bits per heavy atom. The third-order valence-electron chi connectivity index (χ3n) is 3.57. The van der Waals surface area contributed by atoms with Gasteiger partial charge in [-0.15, -0.1) is 0 Å². The second kappa shape index (κ2) is 4.45. The molecule has 2 unspecified atom stereocenters. The fourth-order valence-electron chi connectivity index (χ4n) is 2.81. The zero-order chi connectivity index (χ0) is 9.90. The van der Waals surface area contributed by atoms with E-state index in [1.165, 1.54) is 32.1 Å². The maximum Gasteiger partial charge on any atom is -0.00460 e. The van der Waals surface area contributed by atoms with Crippen LogP contribution < -0.4 is 5.73 Å². The molecule has 1 fully saturated rings. The Hall–Kier alpha value is -0.0400. The number of nitrogens with two attached hydrogens (primary N) is 1. The predicted octanol–water partition coefficient (Wildman–Crippen LogP) is 3.19. The van der Waals surface area contributed by atoms with Gasteiger partial charge in [0, 0.05) is 0 Å². The van der Waals surface area contributed by atoms with Crippen LogP contribution in [-0.2, 0) is 0 Å². The van der Waals surface area contributed by atoms with E-state index in [0.29, 0.717) is 5.41 Å². The molecular formula is C12H25N. The van der Waals surface area contributed by atoms with Gasteiger partial charge in [0.2, 0.25) is 0 Å². The average Bonchev–Trinajstić information content (AvgIpc) is 2.26. The predicted molar refractivity (Wildman–Crippen MR) is 58.6 cm³/mol. The van der Waals surface area contributed by atoms with E-state index in [1.54, 1.807) is 0 Å². The van der Waals surface area contributed by atoms with Gasteiger partial charge in [0.15, 0.2) is 0 Å². The molecule has 0 aromatic rings. The van der Waals surface area contributed by atoms with Crippen molar-refractivity contribution < 1.29 is 0 Å². The van der Waals surface area contributed by atoms with E-state index in [-0.39, 0.29) is 0 Å². The smallest absolute Gasteiger partial charge is 0.00460 e. The number of rotatable bonds is 1. The highest BCUT2D eigenvalue weighted by molar-refractivity contribution is 4.83. The van der Waals surface area contributed by atoms with Crippen LogP contribution in [0.3, 0.4) is 0 Å². The highest BCUT2D eigenvalue weighted by Crippen LogP contribution is 2.40. The fraction of sp³-hybridized carbons (Fsp3) is 1.00. The van der Waals surface area contributed by atoms with Crippen molar-refractivity contribution in [1.29, 1.82) is 0 Å². The summed E-state index contributed by atoms with van der Waals surface area (Å²) in [7, 11) is 0. The fourth-order valence-corrected chi connectivity index (χ4v) is 2.81. The first-order chi connectivity index (χ1) is 6.05. The number of hydrogen-bond donors (Lipinski definition) is 1. The molecule has 0 heterocycles. The van der Waals surface area contributed by atoms with Crippen molar-refractivity contribution in [3.63, 3.8) is 0 Å². The lowest BCUT2D eigenvalue weighted by molar-refractivity contribution is 0.151. The summed E-state index contributed by atoms with van der Waals surface area (Å²) in [5.74, 6) is 1.63. The molecule has 1 aliphatic carbocycles. The van der Waals surface area contributed by atoms with Crippen molar-refractivity contribution in [2.75, 3.05) is 6.54 Å². The van der Waals surface area contributed by atoms with Crippen LogP contribution in [0.5, 0.6) is 0 Å². The summed E-state index contributed by atoms with van der Waals surface area (Å²) >= 11 is 0. The normalized spacial score (nSPS) is 31.4. The van der Waals surface area contributed by atoms with Crippen LogP contribution in [0.25, 0.3) is 0 Å². The van der Waals surface area contributed by atoms with Gasteiger partial charge >= 0.3 is 0 Å². The van der Waals surface area contributed by atoms with Crippen LogP contribution in [0.1, 0.15) is 52.9 Å².